The van der Waals surface area contributed by atoms with Crippen LogP contribution >= 0.6 is 11.3 Å². The number of nitrogens with one attached hydrogen (secondary N) is 1. The van der Waals surface area contributed by atoms with E-state index in [1.54, 1.807) is 6.33 Å². The third-order valence-electron chi connectivity index (χ3n) is 4.18. The van der Waals surface area contributed by atoms with Crippen LogP contribution in [0.15, 0.2) is 12.5 Å². The maximum absolute atomic E-state index is 12.5. The van der Waals surface area contributed by atoms with E-state index in [-0.39, 0.29) is 11.9 Å². The van der Waals surface area contributed by atoms with Crippen molar-refractivity contribution in [1.29, 1.82) is 0 Å². The summed E-state index contributed by atoms with van der Waals surface area (Å²) in [5, 5.41) is 11.8. The standard InChI is InChI=1S/C15H22N6OS/c1-3-12-8-16-14(23-12)18-15(22)21-7-5-6-11(9-21)13-19-17-10-20(13)4-2/h8,10-11H,3-7,9H2,1-2H3,(H,16,18,22)/t11-/m0/s1. The molecule has 0 aliphatic carbocycles. The molecule has 2 aromatic rings. The second-order valence-corrected chi connectivity index (χ2v) is 6.79. The van der Waals surface area contributed by atoms with Crippen LogP contribution in [0.25, 0.3) is 0 Å². The molecular formula is C15H22N6OS. The number of piperidine rings is 1. The maximum atomic E-state index is 12.5. The molecule has 1 N–H and O–H groups in total. The topological polar surface area (TPSA) is 75.9 Å². The molecule has 3 heterocycles. The summed E-state index contributed by atoms with van der Waals surface area (Å²) in [6.45, 7) is 6.46. The molecule has 0 unspecified atom stereocenters. The summed E-state index contributed by atoms with van der Waals surface area (Å²) in [7, 11) is 0. The fourth-order valence-electron chi connectivity index (χ4n) is 2.90. The van der Waals surface area contributed by atoms with Crippen LogP contribution < -0.4 is 5.32 Å². The molecule has 23 heavy (non-hydrogen) atoms. The van der Waals surface area contributed by atoms with Crippen molar-refractivity contribution in [3.8, 4) is 0 Å². The molecule has 1 aliphatic heterocycles. The summed E-state index contributed by atoms with van der Waals surface area (Å²) in [4.78, 5) is 19.8. The first kappa shape index (κ1) is 15.9. The number of anilines is 1. The van der Waals surface area contributed by atoms with E-state index in [2.05, 4.69) is 38.9 Å². The average molecular weight is 334 g/mol. The molecule has 1 atom stereocenters. The third kappa shape index (κ3) is 3.52. The van der Waals surface area contributed by atoms with Gasteiger partial charge in [0.25, 0.3) is 0 Å². The van der Waals surface area contributed by atoms with Crippen molar-refractivity contribution in [2.75, 3.05) is 18.4 Å². The van der Waals surface area contributed by atoms with Crippen LogP contribution in [0.3, 0.4) is 0 Å². The molecule has 1 fully saturated rings. The molecule has 2 aromatic heterocycles. The number of urea groups is 1. The van der Waals surface area contributed by atoms with Gasteiger partial charge in [0.2, 0.25) is 0 Å². The Bertz CT molecular complexity index is 666. The third-order valence-corrected chi connectivity index (χ3v) is 5.23. The number of hydrogen-bond donors (Lipinski definition) is 1. The minimum absolute atomic E-state index is 0.0748. The summed E-state index contributed by atoms with van der Waals surface area (Å²) in [6.07, 6.45) is 6.54. The fourth-order valence-corrected chi connectivity index (χ4v) is 3.64. The average Bonchev–Trinajstić information content (AvgIpc) is 3.23. The minimum atomic E-state index is -0.0748. The number of thiazole rings is 1. The SMILES string of the molecule is CCc1cnc(NC(=O)N2CCC[C@H](c3nncn3CC)C2)s1. The number of aromatic nitrogens is 4. The molecule has 0 radical (unpaired) electrons. The lowest BCUT2D eigenvalue weighted by Crippen LogP contribution is -2.42. The predicted octanol–water partition coefficient (Wildman–Crippen LogP) is 2.73. The van der Waals surface area contributed by atoms with E-state index in [0.29, 0.717) is 11.7 Å². The highest BCUT2D eigenvalue weighted by atomic mass is 32.1. The van der Waals surface area contributed by atoms with Gasteiger partial charge in [-0.15, -0.1) is 21.5 Å². The highest BCUT2D eigenvalue weighted by Crippen LogP contribution is 2.26. The van der Waals surface area contributed by atoms with Gasteiger partial charge in [-0.1, -0.05) is 6.92 Å². The Labute approximate surface area is 139 Å². The number of carbonyl (C=O) groups is 1. The number of nitrogens with zero attached hydrogens (tertiary/aromatic N) is 5. The van der Waals surface area contributed by atoms with Crippen molar-refractivity contribution in [2.45, 2.75) is 45.6 Å². The second kappa shape index (κ2) is 7.08. The number of likely N-dealkylation sites (tertiary alicyclic amines) is 1. The first-order chi connectivity index (χ1) is 11.2. The van der Waals surface area contributed by atoms with Gasteiger partial charge in [-0.3, -0.25) is 5.32 Å². The molecule has 1 aliphatic rings. The van der Waals surface area contributed by atoms with Crippen molar-refractivity contribution in [3.63, 3.8) is 0 Å². The second-order valence-electron chi connectivity index (χ2n) is 5.68. The molecule has 7 nitrogen and oxygen atoms in total. The molecule has 1 saturated heterocycles. The van der Waals surface area contributed by atoms with Crippen molar-refractivity contribution in [2.24, 2.45) is 0 Å². The number of aryl methyl sites for hydroxylation is 2. The summed E-state index contributed by atoms with van der Waals surface area (Å²) in [6, 6.07) is -0.0748. The number of hydrogen-bond acceptors (Lipinski definition) is 5. The Morgan fingerprint density at radius 1 is 1.48 bits per heavy atom. The molecule has 124 valence electrons. The summed E-state index contributed by atoms with van der Waals surface area (Å²) >= 11 is 1.53. The predicted molar refractivity (Wildman–Crippen MR) is 89.8 cm³/mol. The van der Waals surface area contributed by atoms with Gasteiger partial charge in [0.15, 0.2) is 5.13 Å². The first-order valence-electron chi connectivity index (χ1n) is 8.09. The monoisotopic (exact) mass is 334 g/mol. The maximum Gasteiger partial charge on any atom is 0.323 e. The number of rotatable bonds is 4. The quantitative estimate of drug-likeness (QED) is 0.933. The van der Waals surface area contributed by atoms with Crippen LogP contribution in [0.2, 0.25) is 0 Å². The van der Waals surface area contributed by atoms with Gasteiger partial charge in [0.1, 0.15) is 12.2 Å². The summed E-state index contributed by atoms with van der Waals surface area (Å²) in [5.74, 6) is 1.23. The number of carbonyl (C=O) groups excluding carboxylic acids is 1. The van der Waals surface area contributed by atoms with Crippen molar-refractivity contribution in [1.82, 2.24) is 24.6 Å². The Balaban J connectivity index is 1.64. The van der Waals surface area contributed by atoms with Gasteiger partial charge >= 0.3 is 6.03 Å². The highest BCUT2D eigenvalue weighted by molar-refractivity contribution is 7.15. The molecule has 0 aromatic carbocycles. The zero-order chi connectivity index (χ0) is 16.2. The van der Waals surface area contributed by atoms with E-state index < -0.39 is 0 Å². The van der Waals surface area contributed by atoms with Gasteiger partial charge < -0.3 is 9.47 Å². The summed E-state index contributed by atoms with van der Waals surface area (Å²) in [5.41, 5.74) is 0. The van der Waals surface area contributed by atoms with Crippen molar-refractivity contribution < 1.29 is 4.79 Å². The number of amides is 2. The normalized spacial score (nSPS) is 18.2. The van der Waals surface area contributed by atoms with Crippen LogP contribution in [-0.4, -0.2) is 43.8 Å². The van der Waals surface area contributed by atoms with E-state index in [1.807, 2.05) is 11.1 Å². The van der Waals surface area contributed by atoms with E-state index >= 15 is 0 Å². The highest BCUT2D eigenvalue weighted by Gasteiger charge is 2.28. The molecule has 8 heteroatoms. The van der Waals surface area contributed by atoms with Gasteiger partial charge in [-0.25, -0.2) is 9.78 Å². The van der Waals surface area contributed by atoms with Gasteiger partial charge in [0, 0.05) is 36.6 Å². The smallest absolute Gasteiger partial charge is 0.323 e. The lowest BCUT2D eigenvalue weighted by Gasteiger charge is -2.32. The Morgan fingerprint density at radius 2 is 2.35 bits per heavy atom. The molecule has 2 amide bonds. The Kier molecular flexibility index (Phi) is 4.90. The Morgan fingerprint density at radius 3 is 3.09 bits per heavy atom. The van der Waals surface area contributed by atoms with E-state index in [1.165, 1.54) is 16.2 Å². The van der Waals surface area contributed by atoms with Crippen molar-refractivity contribution in [3.05, 3.63) is 23.2 Å². The zero-order valence-corrected chi connectivity index (χ0v) is 14.3. The van der Waals surface area contributed by atoms with E-state index in [9.17, 15) is 4.79 Å². The van der Waals surface area contributed by atoms with Crippen LogP contribution in [-0.2, 0) is 13.0 Å². The lowest BCUT2D eigenvalue weighted by molar-refractivity contribution is 0.190. The lowest BCUT2D eigenvalue weighted by atomic mass is 9.97. The Hall–Kier alpha value is -1.96. The van der Waals surface area contributed by atoms with Gasteiger partial charge in [-0.05, 0) is 26.2 Å². The fraction of sp³-hybridized carbons (Fsp3) is 0.600. The summed E-state index contributed by atoms with van der Waals surface area (Å²) < 4.78 is 2.06. The largest absolute Gasteiger partial charge is 0.324 e. The van der Waals surface area contributed by atoms with Crippen molar-refractivity contribution >= 4 is 22.5 Å². The van der Waals surface area contributed by atoms with E-state index in [4.69, 9.17) is 0 Å². The van der Waals surface area contributed by atoms with Crippen LogP contribution in [0.4, 0.5) is 9.93 Å². The van der Waals surface area contributed by atoms with Gasteiger partial charge in [-0.2, -0.15) is 0 Å². The van der Waals surface area contributed by atoms with Crippen LogP contribution in [0, 0.1) is 0 Å². The molecular weight excluding hydrogens is 312 g/mol. The minimum Gasteiger partial charge on any atom is -0.324 e. The molecule has 3 rings (SSSR count). The molecule has 0 saturated carbocycles. The van der Waals surface area contributed by atoms with Crippen LogP contribution in [0.5, 0.6) is 0 Å². The van der Waals surface area contributed by atoms with E-state index in [0.717, 1.165) is 38.2 Å². The molecule has 0 bridgehead atoms. The zero-order valence-electron chi connectivity index (χ0n) is 13.5. The first-order valence-corrected chi connectivity index (χ1v) is 8.91. The van der Waals surface area contributed by atoms with Gasteiger partial charge in [0.05, 0.1) is 0 Å². The van der Waals surface area contributed by atoms with Crippen LogP contribution in [0.1, 0.15) is 43.3 Å². The molecule has 0 spiro atoms.